The smallest absolute Gasteiger partial charge is 0.321 e. The number of ether oxygens (including phenoxy) is 1. The van der Waals surface area contributed by atoms with E-state index in [1.165, 1.54) is 18.5 Å². The fourth-order valence-corrected chi connectivity index (χ4v) is 2.70. The zero-order valence-corrected chi connectivity index (χ0v) is 11.7. The normalized spacial score (nSPS) is 19.2. The lowest BCUT2D eigenvalue weighted by Gasteiger charge is -2.27. The third-order valence-electron chi connectivity index (χ3n) is 3.89. The molecule has 0 aliphatic carbocycles. The first-order valence-electron chi connectivity index (χ1n) is 7.31. The number of hydrogen-bond acceptors (Lipinski definition) is 3. The first kappa shape index (κ1) is 13.2. The number of urea groups is 1. The minimum absolute atomic E-state index is 0.0396. The summed E-state index contributed by atoms with van der Waals surface area (Å²) in [5, 5.41) is 2.94. The Kier molecular flexibility index (Phi) is 4.06. The van der Waals surface area contributed by atoms with Crippen LogP contribution in [0.2, 0.25) is 0 Å². The summed E-state index contributed by atoms with van der Waals surface area (Å²) >= 11 is 0. The van der Waals surface area contributed by atoms with Crippen molar-refractivity contribution >= 4 is 17.4 Å². The van der Waals surface area contributed by atoms with Gasteiger partial charge in [-0.1, -0.05) is 0 Å². The number of carbonyl (C=O) groups is 1. The van der Waals surface area contributed by atoms with E-state index in [0.717, 1.165) is 18.8 Å². The Hall–Kier alpha value is -1.75. The van der Waals surface area contributed by atoms with Gasteiger partial charge in [-0.15, -0.1) is 0 Å². The van der Waals surface area contributed by atoms with Crippen molar-refractivity contribution in [2.24, 2.45) is 0 Å². The molecule has 1 aromatic carbocycles. The summed E-state index contributed by atoms with van der Waals surface area (Å²) in [6, 6.07) is 8.08. The molecule has 3 rings (SSSR count). The minimum Gasteiger partial charge on any atom is -0.378 e. The van der Waals surface area contributed by atoms with Gasteiger partial charge in [-0.05, 0) is 37.1 Å². The number of nitrogens with one attached hydrogen (secondary N) is 1. The molecule has 0 bridgehead atoms. The number of anilines is 2. The van der Waals surface area contributed by atoms with E-state index in [1.807, 2.05) is 12.1 Å². The summed E-state index contributed by atoms with van der Waals surface area (Å²) in [5.41, 5.74) is 2.09. The fourth-order valence-electron chi connectivity index (χ4n) is 2.70. The topological polar surface area (TPSA) is 44.8 Å². The van der Waals surface area contributed by atoms with Crippen molar-refractivity contribution in [2.45, 2.75) is 12.8 Å². The average molecular weight is 275 g/mol. The van der Waals surface area contributed by atoms with Gasteiger partial charge in [0.25, 0.3) is 0 Å². The SMILES string of the molecule is O=C(Nc1ccc(N2CCCC2)cc1)N1CCOCC1. The van der Waals surface area contributed by atoms with Gasteiger partial charge in [0.05, 0.1) is 13.2 Å². The number of rotatable bonds is 2. The van der Waals surface area contributed by atoms with Crippen molar-refractivity contribution in [1.29, 1.82) is 0 Å². The highest BCUT2D eigenvalue weighted by molar-refractivity contribution is 5.89. The molecule has 1 N–H and O–H groups in total. The Morgan fingerprint density at radius 1 is 1.00 bits per heavy atom. The molecule has 108 valence electrons. The van der Waals surface area contributed by atoms with Crippen molar-refractivity contribution in [3.05, 3.63) is 24.3 Å². The Labute approximate surface area is 119 Å². The molecule has 0 saturated carbocycles. The molecule has 0 aromatic heterocycles. The average Bonchev–Trinajstić information content (AvgIpc) is 3.03. The lowest BCUT2D eigenvalue weighted by molar-refractivity contribution is 0.0564. The van der Waals surface area contributed by atoms with Crippen molar-refractivity contribution in [1.82, 2.24) is 4.90 Å². The summed E-state index contributed by atoms with van der Waals surface area (Å²) in [6.45, 7) is 4.86. The molecule has 0 spiro atoms. The maximum atomic E-state index is 12.1. The van der Waals surface area contributed by atoms with Crippen LogP contribution < -0.4 is 10.2 Å². The van der Waals surface area contributed by atoms with Gasteiger partial charge in [0.15, 0.2) is 0 Å². The zero-order valence-electron chi connectivity index (χ0n) is 11.7. The molecule has 2 aliphatic rings. The van der Waals surface area contributed by atoms with E-state index in [-0.39, 0.29) is 6.03 Å². The number of morpholine rings is 1. The van der Waals surface area contributed by atoms with Gasteiger partial charge in [0.1, 0.15) is 0 Å². The van der Waals surface area contributed by atoms with Crippen molar-refractivity contribution in [2.75, 3.05) is 49.6 Å². The van der Waals surface area contributed by atoms with Gasteiger partial charge in [-0.25, -0.2) is 4.79 Å². The largest absolute Gasteiger partial charge is 0.378 e. The molecule has 2 heterocycles. The quantitative estimate of drug-likeness (QED) is 0.899. The van der Waals surface area contributed by atoms with Gasteiger partial charge in [-0.3, -0.25) is 0 Å². The summed E-state index contributed by atoms with van der Waals surface area (Å²) in [4.78, 5) is 16.2. The number of amides is 2. The van der Waals surface area contributed by atoms with Gasteiger partial charge in [0, 0.05) is 37.6 Å². The second kappa shape index (κ2) is 6.13. The van der Waals surface area contributed by atoms with E-state index < -0.39 is 0 Å². The predicted octanol–water partition coefficient (Wildman–Crippen LogP) is 2.15. The summed E-state index contributed by atoms with van der Waals surface area (Å²) in [7, 11) is 0. The molecule has 5 nitrogen and oxygen atoms in total. The predicted molar refractivity (Wildman–Crippen MR) is 79.3 cm³/mol. The number of nitrogens with zero attached hydrogens (tertiary/aromatic N) is 2. The summed E-state index contributed by atoms with van der Waals surface area (Å²) in [6.07, 6.45) is 2.55. The molecule has 1 aromatic rings. The number of hydrogen-bond donors (Lipinski definition) is 1. The second-order valence-corrected chi connectivity index (χ2v) is 5.27. The third-order valence-corrected chi connectivity index (χ3v) is 3.89. The highest BCUT2D eigenvalue weighted by atomic mass is 16.5. The van der Waals surface area contributed by atoms with Crippen LogP contribution in [0.3, 0.4) is 0 Å². The molecule has 0 atom stereocenters. The van der Waals surface area contributed by atoms with E-state index in [2.05, 4.69) is 22.3 Å². The van der Waals surface area contributed by atoms with E-state index in [0.29, 0.717) is 26.3 Å². The molecule has 20 heavy (non-hydrogen) atoms. The number of carbonyl (C=O) groups excluding carboxylic acids is 1. The standard InChI is InChI=1S/C15H21N3O2/c19-15(18-9-11-20-12-10-18)16-13-3-5-14(6-4-13)17-7-1-2-8-17/h3-6H,1-2,7-12H2,(H,16,19). The van der Waals surface area contributed by atoms with Crippen LogP contribution in [0.4, 0.5) is 16.2 Å². The zero-order chi connectivity index (χ0) is 13.8. The Balaban J connectivity index is 1.58. The fraction of sp³-hybridized carbons (Fsp3) is 0.533. The lowest BCUT2D eigenvalue weighted by Crippen LogP contribution is -2.43. The maximum absolute atomic E-state index is 12.1. The molecule has 2 aliphatic heterocycles. The van der Waals surface area contributed by atoms with Crippen LogP contribution in [-0.4, -0.2) is 50.3 Å². The summed E-state index contributed by atoms with van der Waals surface area (Å²) in [5.74, 6) is 0. The minimum atomic E-state index is -0.0396. The first-order chi connectivity index (χ1) is 9.83. The van der Waals surface area contributed by atoms with Crippen molar-refractivity contribution in [3.63, 3.8) is 0 Å². The molecule has 2 saturated heterocycles. The van der Waals surface area contributed by atoms with E-state index in [1.54, 1.807) is 4.90 Å². The molecule has 0 radical (unpaired) electrons. The maximum Gasteiger partial charge on any atom is 0.321 e. The first-order valence-corrected chi connectivity index (χ1v) is 7.31. The van der Waals surface area contributed by atoms with E-state index in [4.69, 9.17) is 4.74 Å². The monoisotopic (exact) mass is 275 g/mol. The molecule has 0 unspecified atom stereocenters. The highest BCUT2D eigenvalue weighted by Gasteiger charge is 2.17. The van der Waals surface area contributed by atoms with Crippen LogP contribution in [0, 0.1) is 0 Å². The van der Waals surface area contributed by atoms with Gasteiger partial charge in [0.2, 0.25) is 0 Å². The van der Waals surface area contributed by atoms with E-state index in [9.17, 15) is 4.79 Å². The van der Waals surface area contributed by atoms with Crippen molar-refractivity contribution in [3.8, 4) is 0 Å². The Morgan fingerprint density at radius 3 is 2.30 bits per heavy atom. The Bertz CT molecular complexity index is 449. The van der Waals surface area contributed by atoms with Crippen LogP contribution in [0.1, 0.15) is 12.8 Å². The summed E-state index contributed by atoms with van der Waals surface area (Å²) < 4.78 is 5.25. The highest BCUT2D eigenvalue weighted by Crippen LogP contribution is 2.22. The molecule has 2 fully saturated rings. The molecule has 2 amide bonds. The van der Waals surface area contributed by atoms with Gasteiger partial charge >= 0.3 is 6.03 Å². The van der Waals surface area contributed by atoms with Gasteiger partial charge in [-0.2, -0.15) is 0 Å². The van der Waals surface area contributed by atoms with Crippen LogP contribution in [0.25, 0.3) is 0 Å². The van der Waals surface area contributed by atoms with Crippen LogP contribution in [0.5, 0.6) is 0 Å². The van der Waals surface area contributed by atoms with Gasteiger partial charge < -0.3 is 19.9 Å². The van der Waals surface area contributed by atoms with Crippen LogP contribution in [0.15, 0.2) is 24.3 Å². The molecule has 5 heteroatoms. The third kappa shape index (κ3) is 3.04. The second-order valence-electron chi connectivity index (χ2n) is 5.27. The van der Waals surface area contributed by atoms with Crippen molar-refractivity contribution < 1.29 is 9.53 Å². The number of benzene rings is 1. The van der Waals surface area contributed by atoms with Crippen LogP contribution >= 0.6 is 0 Å². The Morgan fingerprint density at radius 2 is 1.65 bits per heavy atom. The van der Waals surface area contributed by atoms with E-state index >= 15 is 0 Å². The molecular weight excluding hydrogens is 254 g/mol. The van der Waals surface area contributed by atoms with Crippen LogP contribution in [-0.2, 0) is 4.74 Å². The molecular formula is C15H21N3O2. The lowest BCUT2D eigenvalue weighted by atomic mass is 10.2.